The van der Waals surface area contributed by atoms with Gasteiger partial charge in [-0.05, 0) is 25.9 Å². The zero-order chi connectivity index (χ0) is 12.3. The van der Waals surface area contributed by atoms with Gasteiger partial charge in [-0.1, -0.05) is 13.8 Å². The molecular formula is C12H25N3O. The number of likely N-dealkylation sites (tertiary alicyclic amines) is 1. The highest BCUT2D eigenvalue weighted by Crippen LogP contribution is 2.18. The van der Waals surface area contributed by atoms with Crippen molar-refractivity contribution in [1.82, 2.24) is 9.80 Å². The van der Waals surface area contributed by atoms with Gasteiger partial charge in [-0.15, -0.1) is 0 Å². The fourth-order valence-electron chi connectivity index (χ4n) is 2.33. The molecular weight excluding hydrogens is 202 g/mol. The Hall–Kier alpha value is -0.610. The number of rotatable bonds is 4. The minimum absolute atomic E-state index is 0.0316. The highest BCUT2D eigenvalue weighted by Gasteiger charge is 2.31. The second-order valence-corrected chi connectivity index (χ2v) is 5.24. The first kappa shape index (κ1) is 13.5. The summed E-state index contributed by atoms with van der Waals surface area (Å²) in [5.41, 5.74) is 5.68. The average Bonchev–Trinajstić information content (AvgIpc) is 2.64. The fraction of sp³-hybridized carbons (Fsp3) is 0.917. The Morgan fingerprint density at radius 3 is 2.56 bits per heavy atom. The first-order valence-corrected chi connectivity index (χ1v) is 6.12. The van der Waals surface area contributed by atoms with E-state index < -0.39 is 0 Å². The normalized spacial score (nSPS) is 23.8. The van der Waals surface area contributed by atoms with Crippen LogP contribution in [0, 0.1) is 11.8 Å². The average molecular weight is 227 g/mol. The van der Waals surface area contributed by atoms with E-state index in [9.17, 15) is 4.79 Å². The molecule has 1 saturated heterocycles. The zero-order valence-corrected chi connectivity index (χ0v) is 10.9. The summed E-state index contributed by atoms with van der Waals surface area (Å²) in [5, 5.41) is 0. The van der Waals surface area contributed by atoms with Gasteiger partial charge in [-0.25, -0.2) is 0 Å². The molecule has 2 unspecified atom stereocenters. The van der Waals surface area contributed by atoms with Crippen molar-refractivity contribution < 1.29 is 4.79 Å². The molecule has 1 heterocycles. The van der Waals surface area contributed by atoms with E-state index in [4.69, 9.17) is 5.73 Å². The van der Waals surface area contributed by atoms with Gasteiger partial charge >= 0.3 is 0 Å². The van der Waals surface area contributed by atoms with Crippen LogP contribution in [0.3, 0.4) is 0 Å². The molecule has 1 rings (SSSR count). The van der Waals surface area contributed by atoms with Crippen molar-refractivity contribution >= 4 is 5.91 Å². The molecule has 0 bridgehead atoms. The number of amides is 1. The number of likely N-dealkylation sites (N-methyl/N-ethyl adjacent to an activating group) is 2. The van der Waals surface area contributed by atoms with Crippen LogP contribution in [0.1, 0.15) is 20.3 Å². The fourth-order valence-corrected chi connectivity index (χ4v) is 2.33. The molecule has 0 radical (unpaired) electrons. The monoisotopic (exact) mass is 227 g/mol. The molecule has 1 amide bonds. The molecule has 4 heteroatoms. The number of nitrogens with zero attached hydrogens (tertiary/aromatic N) is 2. The van der Waals surface area contributed by atoms with Gasteiger partial charge in [-0.3, -0.25) is 4.79 Å². The number of nitrogens with two attached hydrogens (primary N) is 1. The molecule has 0 saturated carbocycles. The maximum absolute atomic E-state index is 12.2. The Kier molecular flexibility index (Phi) is 4.74. The summed E-state index contributed by atoms with van der Waals surface area (Å²) in [4.78, 5) is 16.4. The van der Waals surface area contributed by atoms with Crippen LogP contribution in [0.5, 0.6) is 0 Å². The van der Waals surface area contributed by atoms with Crippen LogP contribution >= 0.6 is 0 Å². The molecule has 0 aromatic carbocycles. The van der Waals surface area contributed by atoms with Crippen LogP contribution in [0.2, 0.25) is 0 Å². The van der Waals surface area contributed by atoms with Crippen LogP contribution in [-0.4, -0.2) is 55.5 Å². The van der Waals surface area contributed by atoms with E-state index in [1.807, 2.05) is 11.9 Å². The predicted octanol–water partition coefficient (Wildman–Crippen LogP) is 0.380. The molecule has 0 aliphatic carbocycles. The summed E-state index contributed by atoms with van der Waals surface area (Å²) < 4.78 is 0. The first-order valence-electron chi connectivity index (χ1n) is 6.12. The van der Waals surface area contributed by atoms with Crippen molar-refractivity contribution in [2.75, 3.05) is 33.7 Å². The van der Waals surface area contributed by atoms with Crippen LogP contribution in [0.25, 0.3) is 0 Å². The van der Waals surface area contributed by atoms with Gasteiger partial charge in [0.2, 0.25) is 5.91 Å². The van der Waals surface area contributed by atoms with Crippen molar-refractivity contribution in [3.05, 3.63) is 0 Å². The van der Waals surface area contributed by atoms with Crippen molar-refractivity contribution in [3.8, 4) is 0 Å². The van der Waals surface area contributed by atoms with Crippen LogP contribution < -0.4 is 5.73 Å². The number of carbonyl (C=O) groups is 1. The summed E-state index contributed by atoms with van der Waals surface area (Å²) in [6.45, 7) is 6.63. The summed E-state index contributed by atoms with van der Waals surface area (Å²) >= 11 is 0. The molecule has 0 aromatic rings. The molecule has 1 fully saturated rings. The first-order chi connectivity index (χ1) is 7.47. The standard InChI is InChI=1S/C12H25N3O/c1-9(2)11(7-13)12(16)15(4)10-5-6-14(3)8-10/h9-11H,5-8,13H2,1-4H3. The Balaban J connectivity index is 2.58. The summed E-state index contributed by atoms with van der Waals surface area (Å²) in [5.74, 6) is 0.493. The van der Waals surface area contributed by atoms with E-state index in [2.05, 4.69) is 25.8 Å². The van der Waals surface area contributed by atoms with E-state index in [1.54, 1.807) is 0 Å². The van der Waals surface area contributed by atoms with Gasteiger partial charge in [0.1, 0.15) is 0 Å². The molecule has 2 atom stereocenters. The predicted molar refractivity (Wildman–Crippen MR) is 66.1 cm³/mol. The second kappa shape index (κ2) is 5.64. The van der Waals surface area contributed by atoms with Gasteiger partial charge < -0.3 is 15.5 Å². The number of carbonyl (C=O) groups excluding carboxylic acids is 1. The molecule has 0 aromatic heterocycles. The largest absolute Gasteiger partial charge is 0.341 e. The molecule has 0 spiro atoms. The highest BCUT2D eigenvalue weighted by atomic mass is 16.2. The van der Waals surface area contributed by atoms with Crippen molar-refractivity contribution in [2.45, 2.75) is 26.3 Å². The van der Waals surface area contributed by atoms with Crippen molar-refractivity contribution in [3.63, 3.8) is 0 Å². The lowest BCUT2D eigenvalue weighted by atomic mass is 9.94. The highest BCUT2D eigenvalue weighted by molar-refractivity contribution is 5.79. The number of hydrogen-bond donors (Lipinski definition) is 1. The third kappa shape index (κ3) is 2.95. The Morgan fingerprint density at radius 2 is 2.19 bits per heavy atom. The maximum atomic E-state index is 12.2. The smallest absolute Gasteiger partial charge is 0.227 e. The van der Waals surface area contributed by atoms with E-state index >= 15 is 0 Å². The Morgan fingerprint density at radius 1 is 1.56 bits per heavy atom. The van der Waals surface area contributed by atoms with E-state index in [0.29, 0.717) is 18.5 Å². The van der Waals surface area contributed by atoms with Gasteiger partial charge in [-0.2, -0.15) is 0 Å². The van der Waals surface area contributed by atoms with Gasteiger partial charge in [0.15, 0.2) is 0 Å². The van der Waals surface area contributed by atoms with Gasteiger partial charge in [0.05, 0.1) is 5.92 Å². The minimum Gasteiger partial charge on any atom is -0.341 e. The molecule has 2 N–H and O–H groups in total. The molecule has 16 heavy (non-hydrogen) atoms. The maximum Gasteiger partial charge on any atom is 0.227 e. The topological polar surface area (TPSA) is 49.6 Å². The van der Waals surface area contributed by atoms with Crippen LogP contribution in [0.4, 0.5) is 0 Å². The Bertz CT molecular complexity index is 242. The lowest BCUT2D eigenvalue weighted by Gasteiger charge is -2.29. The second-order valence-electron chi connectivity index (χ2n) is 5.24. The van der Waals surface area contributed by atoms with Crippen LogP contribution in [-0.2, 0) is 4.79 Å². The zero-order valence-electron chi connectivity index (χ0n) is 10.9. The third-order valence-electron chi connectivity index (χ3n) is 3.64. The third-order valence-corrected chi connectivity index (χ3v) is 3.64. The molecule has 94 valence electrons. The van der Waals surface area contributed by atoms with Gasteiger partial charge in [0, 0.05) is 26.2 Å². The SMILES string of the molecule is CC(C)C(CN)C(=O)N(C)C1CCN(C)C1. The quantitative estimate of drug-likeness (QED) is 0.755. The van der Waals surface area contributed by atoms with E-state index in [1.165, 1.54) is 0 Å². The number of hydrogen-bond acceptors (Lipinski definition) is 3. The molecule has 1 aliphatic rings. The van der Waals surface area contributed by atoms with Crippen molar-refractivity contribution in [2.24, 2.45) is 17.6 Å². The molecule has 1 aliphatic heterocycles. The van der Waals surface area contributed by atoms with E-state index in [0.717, 1.165) is 19.5 Å². The summed E-state index contributed by atoms with van der Waals surface area (Å²) in [6.07, 6.45) is 1.08. The van der Waals surface area contributed by atoms with Crippen molar-refractivity contribution in [1.29, 1.82) is 0 Å². The van der Waals surface area contributed by atoms with E-state index in [-0.39, 0.29) is 11.8 Å². The van der Waals surface area contributed by atoms with Gasteiger partial charge in [0.25, 0.3) is 0 Å². The summed E-state index contributed by atoms with van der Waals surface area (Å²) in [6, 6.07) is 0.366. The lowest BCUT2D eigenvalue weighted by Crippen LogP contribution is -2.45. The lowest BCUT2D eigenvalue weighted by molar-refractivity contribution is -0.137. The van der Waals surface area contributed by atoms with Crippen LogP contribution in [0.15, 0.2) is 0 Å². The molecule has 4 nitrogen and oxygen atoms in total. The minimum atomic E-state index is -0.0316. The Labute approximate surface area is 98.8 Å². The summed E-state index contributed by atoms with van der Waals surface area (Å²) in [7, 11) is 4.01.